The summed E-state index contributed by atoms with van der Waals surface area (Å²) in [6.07, 6.45) is 1.68. The van der Waals surface area contributed by atoms with Crippen LogP contribution >= 0.6 is 12.2 Å². The second-order valence-electron chi connectivity index (χ2n) is 3.51. The number of phenolic OH excluding ortho intramolecular Hbond substituents is 2. The lowest BCUT2D eigenvalue weighted by atomic mass is 10.1. The first-order chi connectivity index (χ1) is 8.54. The molecule has 18 heavy (non-hydrogen) atoms. The van der Waals surface area contributed by atoms with E-state index in [1.807, 2.05) is 0 Å². The summed E-state index contributed by atoms with van der Waals surface area (Å²) in [5.41, 5.74) is 3.72. The molecule has 0 saturated carbocycles. The maximum Gasteiger partial charge on any atom is 0.187 e. The number of benzene rings is 1. The number of nitrogens with zero attached hydrogens (tertiary/aromatic N) is 1. The predicted molar refractivity (Wildman–Crippen MR) is 75.9 cm³/mol. The number of hydrogen-bond acceptors (Lipinski definition) is 4. The highest BCUT2D eigenvalue weighted by Gasteiger charge is 2.05. The Hall–Kier alpha value is -2.08. The summed E-state index contributed by atoms with van der Waals surface area (Å²) in [5.74, 6) is -0.0387. The van der Waals surface area contributed by atoms with Gasteiger partial charge in [-0.2, -0.15) is 5.10 Å². The van der Waals surface area contributed by atoms with E-state index in [-0.39, 0.29) is 11.5 Å². The van der Waals surface area contributed by atoms with Gasteiger partial charge in [-0.25, -0.2) is 0 Å². The zero-order chi connectivity index (χ0) is 13.5. The van der Waals surface area contributed by atoms with Crippen LogP contribution in [0.2, 0.25) is 0 Å². The van der Waals surface area contributed by atoms with Crippen molar-refractivity contribution in [3.8, 4) is 11.5 Å². The van der Waals surface area contributed by atoms with Crippen LogP contribution in [0.3, 0.4) is 0 Å². The first-order valence-electron chi connectivity index (χ1n) is 5.26. The SMILES string of the molecule is C=CCNC(=S)N/N=C(\C)c1ccc(O)cc1O. The minimum Gasteiger partial charge on any atom is -0.508 e. The number of thiocarbonyl (C=S) groups is 1. The van der Waals surface area contributed by atoms with Crippen LogP contribution in [0.25, 0.3) is 0 Å². The molecule has 0 aliphatic heterocycles. The van der Waals surface area contributed by atoms with Gasteiger partial charge >= 0.3 is 0 Å². The van der Waals surface area contributed by atoms with E-state index in [4.69, 9.17) is 12.2 Å². The summed E-state index contributed by atoms with van der Waals surface area (Å²) in [7, 11) is 0. The number of rotatable bonds is 4. The largest absolute Gasteiger partial charge is 0.508 e. The summed E-state index contributed by atoms with van der Waals surface area (Å²) in [4.78, 5) is 0. The van der Waals surface area contributed by atoms with Crippen LogP contribution < -0.4 is 10.7 Å². The molecular formula is C12H15N3O2S. The van der Waals surface area contributed by atoms with Gasteiger partial charge in [0.05, 0.1) is 5.71 Å². The van der Waals surface area contributed by atoms with Gasteiger partial charge in [0.25, 0.3) is 0 Å². The Labute approximate surface area is 111 Å². The monoisotopic (exact) mass is 265 g/mol. The van der Waals surface area contributed by atoms with Crippen molar-refractivity contribution in [1.29, 1.82) is 0 Å². The maximum atomic E-state index is 9.64. The van der Waals surface area contributed by atoms with E-state index < -0.39 is 0 Å². The van der Waals surface area contributed by atoms with Crippen LogP contribution in [0.15, 0.2) is 36.0 Å². The lowest BCUT2D eigenvalue weighted by molar-refractivity contribution is 0.450. The Bertz CT molecular complexity index is 486. The fourth-order valence-electron chi connectivity index (χ4n) is 1.23. The van der Waals surface area contributed by atoms with E-state index in [9.17, 15) is 10.2 Å². The van der Waals surface area contributed by atoms with Crippen molar-refractivity contribution in [2.75, 3.05) is 6.54 Å². The molecule has 96 valence electrons. The summed E-state index contributed by atoms with van der Waals surface area (Å²) in [5, 5.41) is 26.1. The third-order valence-electron chi connectivity index (χ3n) is 2.10. The molecule has 1 aromatic carbocycles. The smallest absolute Gasteiger partial charge is 0.187 e. The molecule has 0 amide bonds. The fraction of sp³-hybridized carbons (Fsp3) is 0.167. The Kier molecular flexibility index (Phi) is 5.13. The molecule has 0 spiro atoms. The van der Waals surface area contributed by atoms with Crippen molar-refractivity contribution in [3.63, 3.8) is 0 Å². The van der Waals surface area contributed by atoms with Crippen LogP contribution in [0.1, 0.15) is 12.5 Å². The molecule has 4 N–H and O–H groups in total. The molecule has 0 bridgehead atoms. The van der Waals surface area contributed by atoms with Gasteiger partial charge in [0.15, 0.2) is 5.11 Å². The number of phenols is 2. The van der Waals surface area contributed by atoms with Crippen molar-refractivity contribution in [2.24, 2.45) is 5.10 Å². The molecule has 0 aromatic heterocycles. The van der Waals surface area contributed by atoms with Crippen LogP contribution in [-0.2, 0) is 0 Å². The maximum absolute atomic E-state index is 9.64. The van der Waals surface area contributed by atoms with E-state index in [1.54, 1.807) is 19.1 Å². The lowest BCUT2D eigenvalue weighted by Crippen LogP contribution is -2.32. The van der Waals surface area contributed by atoms with Crippen LogP contribution in [0, 0.1) is 0 Å². The van der Waals surface area contributed by atoms with Crippen LogP contribution in [-0.4, -0.2) is 27.6 Å². The van der Waals surface area contributed by atoms with Gasteiger partial charge in [0.1, 0.15) is 11.5 Å². The Morgan fingerprint density at radius 1 is 1.50 bits per heavy atom. The molecule has 6 heteroatoms. The van der Waals surface area contributed by atoms with Gasteiger partial charge in [0, 0.05) is 18.2 Å². The van der Waals surface area contributed by atoms with Crippen molar-refractivity contribution < 1.29 is 10.2 Å². The summed E-state index contributed by atoms with van der Waals surface area (Å²) < 4.78 is 0. The van der Waals surface area contributed by atoms with Crippen LogP contribution in [0.5, 0.6) is 11.5 Å². The standard InChI is InChI=1S/C12H15N3O2S/c1-3-6-13-12(18)15-14-8(2)10-5-4-9(16)7-11(10)17/h3-5,7,16-17H,1,6H2,2H3,(H2,13,15,18)/b14-8+. The van der Waals surface area contributed by atoms with E-state index in [0.717, 1.165) is 0 Å². The Morgan fingerprint density at radius 2 is 2.22 bits per heavy atom. The van der Waals surface area contributed by atoms with Gasteiger partial charge < -0.3 is 15.5 Å². The number of hydrogen-bond donors (Lipinski definition) is 4. The van der Waals surface area contributed by atoms with Crippen LogP contribution in [0.4, 0.5) is 0 Å². The van der Waals surface area contributed by atoms with E-state index in [2.05, 4.69) is 22.4 Å². The molecular weight excluding hydrogens is 250 g/mol. The first-order valence-corrected chi connectivity index (χ1v) is 5.66. The zero-order valence-electron chi connectivity index (χ0n) is 9.97. The molecule has 0 saturated heterocycles. The van der Waals surface area contributed by atoms with Gasteiger partial charge in [-0.3, -0.25) is 5.43 Å². The number of nitrogens with one attached hydrogen (secondary N) is 2. The first kappa shape index (κ1) is 14.0. The second-order valence-corrected chi connectivity index (χ2v) is 3.92. The molecule has 1 rings (SSSR count). The van der Waals surface area contributed by atoms with E-state index in [1.165, 1.54) is 12.1 Å². The number of aromatic hydroxyl groups is 2. The molecule has 5 nitrogen and oxygen atoms in total. The third kappa shape index (κ3) is 4.06. The summed E-state index contributed by atoms with van der Waals surface area (Å²) >= 11 is 4.96. The van der Waals surface area contributed by atoms with Gasteiger partial charge in [-0.1, -0.05) is 6.08 Å². The van der Waals surface area contributed by atoms with Crippen molar-refractivity contribution in [1.82, 2.24) is 10.7 Å². The highest BCUT2D eigenvalue weighted by atomic mass is 32.1. The normalized spacial score (nSPS) is 10.8. The lowest BCUT2D eigenvalue weighted by Gasteiger charge is -2.07. The predicted octanol–water partition coefficient (Wildman–Crippen LogP) is 1.47. The average molecular weight is 265 g/mol. The summed E-state index contributed by atoms with van der Waals surface area (Å²) in [6, 6.07) is 4.30. The zero-order valence-corrected chi connectivity index (χ0v) is 10.8. The minimum atomic E-state index is -0.0389. The highest BCUT2D eigenvalue weighted by molar-refractivity contribution is 7.80. The van der Waals surface area contributed by atoms with Crippen molar-refractivity contribution >= 4 is 23.0 Å². The molecule has 0 atom stereocenters. The quantitative estimate of drug-likeness (QED) is 0.287. The number of hydrazone groups is 1. The van der Waals surface area contributed by atoms with Crippen molar-refractivity contribution in [2.45, 2.75) is 6.92 Å². The topological polar surface area (TPSA) is 76.9 Å². The second kappa shape index (κ2) is 6.61. The van der Waals surface area contributed by atoms with Gasteiger partial charge in [0.2, 0.25) is 0 Å². The van der Waals surface area contributed by atoms with Gasteiger partial charge in [-0.15, -0.1) is 6.58 Å². The molecule has 0 heterocycles. The highest BCUT2D eigenvalue weighted by Crippen LogP contribution is 2.22. The molecule has 0 fully saturated rings. The minimum absolute atomic E-state index is 0.000166. The molecule has 0 aliphatic carbocycles. The molecule has 0 radical (unpaired) electrons. The van der Waals surface area contributed by atoms with Crippen molar-refractivity contribution in [3.05, 3.63) is 36.4 Å². The third-order valence-corrected chi connectivity index (χ3v) is 2.34. The fourth-order valence-corrected chi connectivity index (χ4v) is 1.35. The summed E-state index contributed by atoms with van der Waals surface area (Å²) in [6.45, 7) is 5.82. The molecule has 0 aliphatic rings. The van der Waals surface area contributed by atoms with E-state index >= 15 is 0 Å². The molecule has 0 unspecified atom stereocenters. The van der Waals surface area contributed by atoms with E-state index in [0.29, 0.717) is 22.9 Å². The Balaban J connectivity index is 2.71. The van der Waals surface area contributed by atoms with Gasteiger partial charge in [-0.05, 0) is 31.3 Å². The molecule has 1 aromatic rings. The Morgan fingerprint density at radius 3 is 2.83 bits per heavy atom. The average Bonchev–Trinajstić information content (AvgIpc) is 2.33.